The average molecular weight is 294 g/mol. The number of nitrogens with zero attached hydrogens (tertiary/aromatic N) is 3. The van der Waals surface area contributed by atoms with E-state index < -0.39 is 0 Å². The minimum absolute atomic E-state index is 0.299. The number of aromatic nitrogens is 3. The normalized spacial score (nSPS) is 11.4. The number of rotatable bonds is 3. The van der Waals surface area contributed by atoms with Gasteiger partial charge in [0, 0.05) is 10.4 Å². The van der Waals surface area contributed by atoms with Gasteiger partial charge in [-0.3, -0.25) is 4.79 Å². The van der Waals surface area contributed by atoms with Crippen LogP contribution in [0.3, 0.4) is 0 Å². The molecular weight excluding hydrogens is 278 g/mol. The molecule has 0 radical (unpaired) electrons. The molecule has 0 unspecified atom stereocenters. The number of hydrogen-bond acceptors (Lipinski definition) is 4. The molecule has 0 fully saturated rings. The molecular formula is C14H16ClN3O2. The van der Waals surface area contributed by atoms with Crippen molar-refractivity contribution in [3.05, 3.63) is 34.6 Å². The van der Waals surface area contributed by atoms with E-state index >= 15 is 0 Å². The Morgan fingerprint density at radius 1 is 1.35 bits per heavy atom. The molecule has 5 nitrogen and oxygen atoms in total. The van der Waals surface area contributed by atoms with Crippen molar-refractivity contribution in [3.63, 3.8) is 0 Å². The summed E-state index contributed by atoms with van der Waals surface area (Å²) >= 11 is 6.04. The molecule has 1 aromatic carbocycles. The molecule has 106 valence electrons. The van der Waals surface area contributed by atoms with E-state index in [4.69, 9.17) is 16.3 Å². The van der Waals surface area contributed by atoms with Crippen molar-refractivity contribution in [1.82, 2.24) is 15.0 Å². The third-order valence-electron chi connectivity index (χ3n) is 2.89. The lowest BCUT2D eigenvalue weighted by atomic mass is 9.90. The quantitative estimate of drug-likeness (QED) is 0.816. The second kappa shape index (κ2) is 5.25. The first-order valence-electron chi connectivity index (χ1n) is 6.13. The summed E-state index contributed by atoms with van der Waals surface area (Å²) in [5.41, 5.74) is 1.39. The third-order valence-corrected chi connectivity index (χ3v) is 3.12. The highest BCUT2D eigenvalue weighted by Crippen LogP contribution is 2.31. The van der Waals surface area contributed by atoms with Gasteiger partial charge in [-0.15, -0.1) is 5.10 Å². The highest BCUT2D eigenvalue weighted by Gasteiger charge is 2.27. The van der Waals surface area contributed by atoms with Gasteiger partial charge in [-0.2, -0.15) is 0 Å². The molecule has 0 spiro atoms. The first-order valence-corrected chi connectivity index (χ1v) is 6.51. The summed E-state index contributed by atoms with van der Waals surface area (Å²) in [6.45, 7) is 5.98. The van der Waals surface area contributed by atoms with Crippen LogP contribution in [0.4, 0.5) is 0 Å². The van der Waals surface area contributed by atoms with Crippen LogP contribution in [0.15, 0.2) is 18.2 Å². The molecule has 1 aromatic heterocycles. The first kappa shape index (κ1) is 14.5. The number of carbonyl (C=O) groups excluding carboxylic acids is 1. The predicted molar refractivity (Wildman–Crippen MR) is 77.0 cm³/mol. The maximum atomic E-state index is 11.2. The second-order valence-electron chi connectivity index (χ2n) is 5.42. The number of carbonyl (C=O) groups is 1. The molecule has 0 aliphatic carbocycles. The fraction of sp³-hybridized carbons (Fsp3) is 0.357. The van der Waals surface area contributed by atoms with Crippen molar-refractivity contribution in [3.8, 4) is 11.4 Å². The van der Waals surface area contributed by atoms with E-state index in [1.54, 1.807) is 30.0 Å². The van der Waals surface area contributed by atoms with E-state index in [0.717, 1.165) is 0 Å². The fourth-order valence-electron chi connectivity index (χ4n) is 2.07. The summed E-state index contributed by atoms with van der Waals surface area (Å²) < 4.78 is 6.94. The molecule has 0 bridgehead atoms. The topological polar surface area (TPSA) is 57.0 Å². The zero-order valence-corrected chi connectivity index (χ0v) is 12.6. The Kier molecular flexibility index (Phi) is 3.81. The minimum Gasteiger partial charge on any atom is -0.494 e. The van der Waals surface area contributed by atoms with Crippen LogP contribution in [0.25, 0.3) is 5.69 Å². The highest BCUT2D eigenvalue weighted by atomic mass is 35.5. The zero-order valence-electron chi connectivity index (χ0n) is 11.8. The summed E-state index contributed by atoms with van der Waals surface area (Å²) in [6.07, 6.45) is 0.709. The van der Waals surface area contributed by atoms with Crippen molar-refractivity contribution in [2.75, 3.05) is 7.11 Å². The predicted octanol–water partition coefficient (Wildman–Crippen LogP) is 3.04. The van der Waals surface area contributed by atoms with E-state index in [2.05, 4.69) is 10.3 Å². The molecule has 0 amide bonds. The van der Waals surface area contributed by atoms with Crippen LogP contribution in [-0.2, 0) is 5.41 Å². The monoisotopic (exact) mass is 293 g/mol. The van der Waals surface area contributed by atoms with Crippen LogP contribution in [0.2, 0.25) is 5.02 Å². The van der Waals surface area contributed by atoms with E-state index in [1.165, 1.54) is 0 Å². The van der Waals surface area contributed by atoms with Crippen LogP contribution in [-0.4, -0.2) is 28.4 Å². The summed E-state index contributed by atoms with van der Waals surface area (Å²) in [6, 6.07) is 5.23. The molecule has 6 heteroatoms. The van der Waals surface area contributed by atoms with Gasteiger partial charge in [0.15, 0.2) is 6.29 Å². The standard InChI is InChI=1S/C14H16ClN3O2/c1-14(2,3)13-10(8-19)16-17-18(13)11-7-9(15)5-6-12(11)20-4/h5-8H,1-4H3. The maximum absolute atomic E-state index is 11.2. The maximum Gasteiger partial charge on any atom is 0.172 e. The van der Waals surface area contributed by atoms with Gasteiger partial charge in [-0.05, 0) is 18.2 Å². The average Bonchev–Trinajstić information content (AvgIpc) is 2.82. The van der Waals surface area contributed by atoms with Crippen molar-refractivity contribution < 1.29 is 9.53 Å². The van der Waals surface area contributed by atoms with Gasteiger partial charge in [0.05, 0.1) is 12.8 Å². The van der Waals surface area contributed by atoms with Gasteiger partial charge in [0.1, 0.15) is 17.1 Å². The van der Waals surface area contributed by atoms with Crippen LogP contribution < -0.4 is 4.74 Å². The number of hydrogen-bond donors (Lipinski definition) is 0. The smallest absolute Gasteiger partial charge is 0.172 e. The Balaban J connectivity index is 2.74. The van der Waals surface area contributed by atoms with Crippen molar-refractivity contribution in [2.24, 2.45) is 0 Å². The van der Waals surface area contributed by atoms with Gasteiger partial charge in [0.25, 0.3) is 0 Å². The van der Waals surface area contributed by atoms with Gasteiger partial charge < -0.3 is 4.74 Å². The lowest BCUT2D eigenvalue weighted by molar-refractivity contribution is 0.111. The van der Waals surface area contributed by atoms with Crippen molar-refractivity contribution >= 4 is 17.9 Å². The van der Waals surface area contributed by atoms with Crippen molar-refractivity contribution in [1.29, 1.82) is 0 Å². The molecule has 0 aliphatic rings. The Bertz CT molecular complexity index is 644. The molecule has 20 heavy (non-hydrogen) atoms. The van der Waals surface area contributed by atoms with Crippen LogP contribution >= 0.6 is 11.6 Å². The Morgan fingerprint density at radius 3 is 2.60 bits per heavy atom. The summed E-state index contributed by atoms with van der Waals surface area (Å²) in [5, 5.41) is 8.56. The number of aldehydes is 1. The minimum atomic E-state index is -0.299. The van der Waals surface area contributed by atoms with Gasteiger partial charge in [-0.25, -0.2) is 4.68 Å². The SMILES string of the molecule is COc1ccc(Cl)cc1-n1nnc(C=O)c1C(C)(C)C. The number of methoxy groups -OCH3 is 1. The Labute approximate surface area is 122 Å². The zero-order chi connectivity index (χ0) is 14.9. The number of benzene rings is 1. The molecule has 0 saturated heterocycles. The second-order valence-corrected chi connectivity index (χ2v) is 5.86. The van der Waals surface area contributed by atoms with Gasteiger partial charge in [-0.1, -0.05) is 37.6 Å². The molecule has 2 aromatic rings. The Morgan fingerprint density at radius 2 is 2.05 bits per heavy atom. The summed E-state index contributed by atoms with van der Waals surface area (Å²) in [4.78, 5) is 11.2. The fourth-order valence-corrected chi connectivity index (χ4v) is 2.24. The number of ether oxygens (including phenoxy) is 1. The first-order chi connectivity index (χ1) is 9.38. The van der Waals surface area contributed by atoms with Crippen LogP contribution in [0.1, 0.15) is 37.0 Å². The largest absolute Gasteiger partial charge is 0.494 e. The van der Waals surface area contributed by atoms with E-state index in [9.17, 15) is 4.79 Å². The third kappa shape index (κ3) is 2.54. The molecule has 2 rings (SSSR count). The molecule has 0 N–H and O–H groups in total. The molecule has 0 saturated carbocycles. The van der Waals surface area contributed by atoms with Crippen LogP contribution in [0.5, 0.6) is 5.75 Å². The highest BCUT2D eigenvalue weighted by molar-refractivity contribution is 6.30. The lowest BCUT2D eigenvalue weighted by Gasteiger charge is -2.21. The van der Waals surface area contributed by atoms with Crippen LogP contribution in [0, 0.1) is 0 Å². The van der Waals surface area contributed by atoms with E-state index in [-0.39, 0.29) is 5.41 Å². The molecule has 0 aliphatic heterocycles. The van der Waals surface area contributed by atoms with Crippen molar-refractivity contribution in [2.45, 2.75) is 26.2 Å². The number of halogens is 1. The molecule has 1 heterocycles. The Hall–Kier alpha value is -1.88. The summed E-state index contributed by atoms with van der Waals surface area (Å²) in [7, 11) is 1.57. The summed E-state index contributed by atoms with van der Waals surface area (Å²) in [5.74, 6) is 0.613. The molecule has 0 atom stereocenters. The van der Waals surface area contributed by atoms with Gasteiger partial charge >= 0.3 is 0 Å². The lowest BCUT2D eigenvalue weighted by Crippen LogP contribution is -2.19. The van der Waals surface area contributed by atoms with E-state index in [0.29, 0.717) is 34.1 Å². The van der Waals surface area contributed by atoms with Gasteiger partial charge in [0.2, 0.25) is 0 Å². The van der Waals surface area contributed by atoms with E-state index in [1.807, 2.05) is 20.8 Å².